The van der Waals surface area contributed by atoms with Gasteiger partial charge in [-0.1, -0.05) is 11.8 Å². The van der Waals surface area contributed by atoms with E-state index in [4.69, 9.17) is 0 Å². The van der Waals surface area contributed by atoms with Gasteiger partial charge in [-0.15, -0.1) is 11.3 Å². The van der Waals surface area contributed by atoms with Crippen molar-refractivity contribution in [2.24, 2.45) is 0 Å². The zero-order valence-corrected chi connectivity index (χ0v) is 12.4. The minimum atomic E-state index is -0.460. The lowest BCUT2D eigenvalue weighted by atomic mass is 10.4. The molecule has 18 heavy (non-hydrogen) atoms. The van der Waals surface area contributed by atoms with Gasteiger partial charge in [-0.2, -0.15) is 0 Å². The predicted octanol–water partition coefficient (Wildman–Crippen LogP) is 2.17. The zero-order chi connectivity index (χ0) is 13.7. The summed E-state index contributed by atoms with van der Waals surface area (Å²) in [4.78, 5) is 27.4. The first kappa shape index (κ1) is 15.0. The van der Waals surface area contributed by atoms with Crippen LogP contribution in [0, 0.1) is 6.92 Å². The number of rotatable bonds is 4. The molecule has 7 heteroatoms. The first-order valence-corrected chi connectivity index (χ1v) is 7.34. The van der Waals surface area contributed by atoms with Gasteiger partial charge in [-0.3, -0.25) is 10.1 Å². The van der Waals surface area contributed by atoms with Crippen LogP contribution in [-0.2, 0) is 4.79 Å². The molecule has 0 aliphatic carbocycles. The number of hydrogen-bond donors (Lipinski definition) is 2. The summed E-state index contributed by atoms with van der Waals surface area (Å²) in [5.41, 5.74) is 0.938. The van der Waals surface area contributed by atoms with Crippen LogP contribution < -0.4 is 10.6 Å². The van der Waals surface area contributed by atoms with Crippen molar-refractivity contribution in [1.82, 2.24) is 15.6 Å². The van der Waals surface area contributed by atoms with Gasteiger partial charge in [-0.05, 0) is 27.7 Å². The van der Waals surface area contributed by atoms with E-state index < -0.39 is 6.03 Å². The molecule has 2 N–H and O–H groups in total. The number of aromatic nitrogens is 1. The third-order valence-corrected chi connectivity index (χ3v) is 4.09. The fraction of sp³-hybridized carbons (Fsp3) is 0.545. The number of carbonyl (C=O) groups excluding carboxylic acids is 2. The van der Waals surface area contributed by atoms with Gasteiger partial charge in [0.1, 0.15) is 0 Å². The lowest BCUT2D eigenvalue weighted by Crippen LogP contribution is -2.45. The highest BCUT2D eigenvalue weighted by Gasteiger charge is 2.18. The highest BCUT2D eigenvalue weighted by molar-refractivity contribution is 8.02. The molecule has 100 valence electrons. The highest BCUT2D eigenvalue weighted by Crippen LogP contribution is 2.26. The number of hydrogen-bond acceptors (Lipinski definition) is 5. The van der Waals surface area contributed by atoms with E-state index in [2.05, 4.69) is 15.6 Å². The smallest absolute Gasteiger partial charge is 0.321 e. The Morgan fingerprint density at radius 1 is 1.39 bits per heavy atom. The fourth-order valence-corrected chi connectivity index (χ4v) is 3.09. The Balaban J connectivity index is 2.44. The molecule has 1 aromatic rings. The minimum absolute atomic E-state index is 0.00220. The molecule has 1 atom stereocenters. The molecule has 0 saturated carbocycles. The summed E-state index contributed by atoms with van der Waals surface area (Å²) in [7, 11) is 0. The van der Waals surface area contributed by atoms with E-state index in [0.717, 1.165) is 10.0 Å². The monoisotopic (exact) mass is 287 g/mol. The predicted molar refractivity (Wildman–Crippen MR) is 74.0 cm³/mol. The average molecular weight is 287 g/mol. The Bertz CT molecular complexity index is 432. The van der Waals surface area contributed by atoms with Gasteiger partial charge in [0, 0.05) is 17.1 Å². The van der Waals surface area contributed by atoms with Gasteiger partial charge in [0.05, 0.1) is 5.25 Å². The van der Waals surface area contributed by atoms with Crippen LogP contribution in [-0.4, -0.2) is 28.2 Å². The van der Waals surface area contributed by atoms with Gasteiger partial charge in [0.15, 0.2) is 4.34 Å². The second kappa shape index (κ2) is 6.75. The third-order valence-electron chi connectivity index (χ3n) is 1.90. The number of aryl methyl sites for hydroxylation is 1. The molecule has 0 bridgehead atoms. The normalized spacial score (nSPS) is 12.3. The van der Waals surface area contributed by atoms with Gasteiger partial charge < -0.3 is 5.32 Å². The van der Waals surface area contributed by atoms with Gasteiger partial charge >= 0.3 is 6.03 Å². The molecule has 0 saturated heterocycles. The molecule has 0 radical (unpaired) electrons. The SMILES string of the molecule is Cc1csc(S[C@@H](C)C(=O)NC(=O)NC(C)C)n1. The van der Waals surface area contributed by atoms with Crippen LogP contribution in [0.4, 0.5) is 4.79 Å². The summed E-state index contributed by atoms with van der Waals surface area (Å²) in [5.74, 6) is -0.314. The van der Waals surface area contributed by atoms with Crippen LogP contribution in [0.25, 0.3) is 0 Å². The molecule has 5 nitrogen and oxygen atoms in total. The lowest BCUT2D eigenvalue weighted by molar-refractivity contribution is -0.119. The van der Waals surface area contributed by atoms with E-state index in [9.17, 15) is 9.59 Å². The molecule has 0 unspecified atom stereocenters. The molecule has 0 aromatic carbocycles. The van der Waals surface area contributed by atoms with Crippen molar-refractivity contribution in [3.63, 3.8) is 0 Å². The quantitative estimate of drug-likeness (QED) is 0.833. The number of imide groups is 1. The summed E-state index contributed by atoms with van der Waals surface area (Å²) < 4.78 is 0.833. The Kier molecular flexibility index (Phi) is 5.61. The summed E-state index contributed by atoms with van der Waals surface area (Å²) in [6.07, 6.45) is 0. The van der Waals surface area contributed by atoms with Crippen LogP contribution in [0.2, 0.25) is 0 Å². The van der Waals surface area contributed by atoms with Crippen LogP contribution in [0.3, 0.4) is 0 Å². The Hall–Kier alpha value is -1.08. The van der Waals surface area contributed by atoms with Crippen molar-refractivity contribution in [2.75, 3.05) is 0 Å². The second-order valence-electron chi connectivity index (χ2n) is 4.13. The number of amides is 3. The Morgan fingerprint density at radius 3 is 2.56 bits per heavy atom. The van der Waals surface area contributed by atoms with E-state index in [0.29, 0.717) is 0 Å². The van der Waals surface area contributed by atoms with Gasteiger partial charge in [0.25, 0.3) is 0 Å². The van der Waals surface area contributed by atoms with Crippen molar-refractivity contribution in [1.29, 1.82) is 0 Å². The first-order valence-electron chi connectivity index (χ1n) is 5.58. The molecule has 1 rings (SSSR count). The molecule has 3 amide bonds. The molecular formula is C11H17N3O2S2. The molecule has 0 fully saturated rings. The Labute approximate surface area is 115 Å². The zero-order valence-electron chi connectivity index (χ0n) is 10.8. The van der Waals surface area contributed by atoms with E-state index in [1.165, 1.54) is 23.1 Å². The molecule has 1 aromatic heterocycles. The molecule has 0 spiro atoms. The van der Waals surface area contributed by atoms with Crippen molar-refractivity contribution < 1.29 is 9.59 Å². The minimum Gasteiger partial charge on any atom is -0.336 e. The van der Waals surface area contributed by atoms with Crippen molar-refractivity contribution in [3.8, 4) is 0 Å². The lowest BCUT2D eigenvalue weighted by Gasteiger charge is -2.12. The van der Waals surface area contributed by atoms with Crippen LogP contribution in [0.15, 0.2) is 9.72 Å². The third kappa shape index (κ3) is 5.05. The van der Waals surface area contributed by atoms with Crippen LogP contribution in [0.1, 0.15) is 26.5 Å². The van der Waals surface area contributed by atoms with Crippen molar-refractivity contribution in [2.45, 2.75) is 43.3 Å². The molecule has 1 heterocycles. The molecule has 0 aliphatic heterocycles. The summed E-state index contributed by atoms with van der Waals surface area (Å²) >= 11 is 2.84. The topological polar surface area (TPSA) is 71.1 Å². The van der Waals surface area contributed by atoms with Gasteiger partial charge in [0.2, 0.25) is 5.91 Å². The second-order valence-corrected chi connectivity index (χ2v) is 6.58. The first-order chi connectivity index (χ1) is 8.38. The number of thioether (sulfide) groups is 1. The summed E-state index contributed by atoms with van der Waals surface area (Å²) in [5, 5.41) is 6.48. The van der Waals surface area contributed by atoms with Crippen LogP contribution in [0.5, 0.6) is 0 Å². The Morgan fingerprint density at radius 2 is 2.06 bits per heavy atom. The maximum atomic E-state index is 11.7. The number of urea groups is 1. The van der Waals surface area contributed by atoms with Crippen LogP contribution >= 0.6 is 23.1 Å². The average Bonchev–Trinajstić information content (AvgIpc) is 2.62. The summed E-state index contributed by atoms with van der Waals surface area (Å²) in [6.45, 7) is 7.32. The molecular weight excluding hydrogens is 270 g/mol. The van der Waals surface area contributed by atoms with Crippen molar-refractivity contribution >= 4 is 35.0 Å². The highest BCUT2D eigenvalue weighted by atomic mass is 32.2. The van der Waals surface area contributed by atoms with E-state index in [1.54, 1.807) is 6.92 Å². The maximum absolute atomic E-state index is 11.7. The number of nitrogens with zero attached hydrogens (tertiary/aromatic N) is 1. The van der Waals surface area contributed by atoms with E-state index >= 15 is 0 Å². The number of carbonyl (C=O) groups is 2. The summed E-state index contributed by atoms with van der Waals surface area (Å²) in [6, 6.07) is -0.458. The fourth-order valence-electron chi connectivity index (χ4n) is 1.10. The maximum Gasteiger partial charge on any atom is 0.321 e. The number of nitrogens with one attached hydrogen (secondary N) is 2. The van der Waals surface area contributed by atoms with Gasteiger partial charge in [-0.25, -0.2) is 9.78 Å². The standard InChI is InChI=1S/C11H17N3O2S2/c1-6(2)12-10(16)14-9(15)8(4)18-11-13-7(3)5-17-11/h5-6,8H,1-4H3,(H2,12,14,15,16)/t8-/m0/s1. The van der Waals surface area contributed by atoms with E-state index in [-0.39, 0.29) is 17.2 Å². The molecule has 0 aliphatic rings. The largest absolute Gasteiger partial charge is 0.336 e. The van der Waals surface area contributed by atoms with Crippen molar-refractivity contribution in [3.05, 3.63) is 11.1 Å². The van der Waals surface area contributed by atoms with E-state index in [1.807, 2.05) is 26.2 Å². The number of thiazole rings is 1.